The highest BCUT2D eigenvalue weighted by Gasteiger charge is 2.10. The van der Waals surface area contributed by atoms with Crippen LogP contribution < -0.4 is 0 Å². The van der Waals surface area contributed by atoms with Gasteiger partial charge in [0.15, 0.2) is 0 Å². The van der Waals surface area contributed by atoms with E-state index < -0.39 is 9.06 Å². The summed E-state index contributed by atoms with van der Waals surface area (Å²) in [5, 5.41) is 0. The Hall–Kier alpha value is -0.630. The molecule has 0 saturated carbocycles. The van der Waals surface area contributed by atoms with Crippen molar-refractivity contribution >= 4 is 25.8 Å². The largest absolute Gasteiger partial charge is 0.466 e. The molecule has 0 fully saturated rings. The highest BCUT2D eigenvalue weighted by Crippen LogP contribution is 2.15. The van der Waals surface area contributed by atoms with Gasteiger partial charge < -0.3 is 4.74 Å². The number of hydrogen-bond donors (Lipinski definition) is 0. The summed E-state index contributed by atoms with van der Waals surface area (Å²) in [4.78, 5) is 20.5. The fourth-order valence-corrected chi connectivity index (χ4v) is 2.27. The maximum atomic E-state index is 10.8. The van der Waals surface area contributed by atoms with Gasteiger partial charge in [0.05, 0.1) is 11.2 Å². The van der Waals surface area contributed by atoms with E-state index in [-0.39, 0.29) is 18.1 Å². The SMILES string of the molecule is CCOC(=O)CCCSS(=O)(=O)N=O. The molecule has 82 valence electrons. The molecule has 0 aromatic carbocycles. The summed E-state index contributed by atoms with van der Waals surface area (Å²) in [5.74, 6) is -0.211. The zero-order chi connectivity index (χ0) is 11.0. The van der Waals surface area contributed by atoms with Gasteiger partial charge in [0.2, 0.25) is 0 Å². The Balaban J connectivity index is 3.57. The first kappa shape index (κ1) is 13.4. The van der Waals surface area contributed by atoms with Crippen molar-refractivity contribution in [3.63, 3.8) is 0 Å². The van der Waals surface area contributed by atoms with E-state index in [0.717, 1.165) is 0 Å². The molecule has 6 nitrogen and oxygen atoms in total. The maximum absolute atomic E-state index is 10.8. The highest BCUT2D eigenvalue weighted by molar-refractivity contribution is 8.71. The van der Waals surface area contributed by atoms with Gasteiger partial charge in [-0.1, -0.05) is 0 Å². The van der Waals surface area contributed by atoms with Crippen molar-refractivity contribution in [1.82, 2.24) is 0 Å². The number of esters is 1. The fraction of sp³-hybridized carbons (Fsp3) is 0.833. The molecule has 0 amide bonds. The number of ether oxygens (including phenoxy) is 1. The van der Waals surface area contributed by atoms with Crippen LogP contribution in [0.2, 0.25) is 0 Å². The average molecular weight is 241 g/mol. The zero-order valence-electron chi connectivity index (χ0n) is 7.63. The second-order valence-corrected chi connectivity index (χ2v) is 5.85. The summed E-state index contributed by atoms with van der Waals surface area (Å²) >= 11 is 0. The smallest absolute Gasteiger partial charge is 0.341 e. The third-order valence-corrected chi connectivity index (χ3v) is 3.67. The molecule has 0 N–H and O–H groups in total. The van der Waals surface area contributed by atoms with E-state index in [0.29, 0.717) is 23.8 Å². The van der Waals surface area contributed by atoms with Gasteiger partial charge in [0, 0.05) is 12.2 Å². The zero-order valence-corrected chi connectivity index (χ0v) is 9.27. The van der Waals surface area contributed by atoms with Gasteiger partial charge in [-0.2, -0.15) is 8.42 Å². The summed E-state index contributed by atoms with van der Waals surface area (Å²) in [6, 6.07) is 0. The minimum absolute atomic E-state index is 0.148. The predicted octanol–water partition coefficient (Wildman–Crippen LogP) is 1.07. The Labute approximate surface area is 85.8 Å². The highest BCUT2D eigenvalue weighted by atomic mass is 33.1. The lowest BCUT2D eigenvalue weighted by Crippen LogP contribution is -2.04. The number of nitroso groups, excluding NO2 is 1. The summed E-state index contributed by atoms with van der Waals surface area (Å²) in [6.45, 7) is 1.99. The average Bonchev–Trinajstić information content (AvgIpc) is 2.13. The van der Waals surface area contributed by atoms with Crippen LogP contribution in [0.15, 0.2) is 4.58 Å². The van der Waals surface area contributed by atoms with Crippen LogP contribution in [0, 0.1) is 4.91 Å². The van der Waals surface area contributed by atoms with Gasteiger partial charge in [-0.05, 0) is 24.1 Å². The van der Waals surface area contributed by atoms with Gasteiger partial charge >= 0.3 is 15.0 Å². The predicted molar refractivity (Wildman–Crippen MR) is 53.0 cm³/mol. The van der Waals surface area contributed by atoms with Gasteiger partial charge in [0.25, 0.3) is 0 Å². The van der Waals surface area contributed by atoms with Gasteiger partial charge in [0.1, 0.15) is 0 Å². The number of nitrogens with zero attached hydrogens (tertiary/aromatic N) is 1. The molecule has 0 aliphatic heterocycles. The quantitative estimate of drug-likeness (QED) is 0.286. The summed E-state index contributed by atoms with van der Waals surface area (Å²) < 4.78 is 27.6. The van der Waals surface area contributed by atoms with Crippen molar-refractivity contribution in [2.24, 2.45) is 4.58 Å². The van der Waals surface area contributed by atoms with Crippen LogP contribution in [0.1, 0.15) is 19.8 Å². The number of carbonyl (C=O) groups is 1. The van der Waals surface area contributed by atoms with Crippen LogP contribution in [0.4, 0.5) is 0 Å². The maximum Gasteiger partial charge on any atom is 0.341 e. The van der Waals surface area contributed by atoms with Crippen molar-refractivity contribution in [2.75, 3.05) is 12.4 Å². The first-order valence-electron chi connectivity index (χ1n) is 3.91. The third kappa shape index (κ3) is 6.84. The van der Waals surface area contributed by atoms with Crippen molar-refractivity contribution in [1.29, 1.82) is 0 Å². The van der Waals surface area contributed by atoms with Gasteiger partial charge in [-0.25, -0.2) is 0 Å². The van der Waals surface area contributed by atoms with Crippen LogP contribution in [0.5, 0.6) is 0 Å². The van der Waals surface area contributed by atoms with Crippen molar-refractivity contribution < 1.29 is 17.9 Å². The Morgan fingerprint density at radius 2 is 2.14 bits per heavy atom. The molecule has 8 heteroatoms. The van der Waals surface area contributed by atoms with Crippen LogP contribution in [-0.4, -0.2) is 26.7 Å². The molecule has 0 aromatic rings. The number of hydrogen-bond acceptors (Lipinski definition) is 6. The molecular weight excluding hydrogens is 230 g/mol. The van der Waals surface area contributed by atoms with E-state index in [9.17, 15) is 18.1 Å². The van der Waals surface area contributed by atoms with E-state index in [4.69, 9.17) is 0 Å². The first-order chi connectivity index (χ1) is 6.52. The van der Waals surface area contributed by atoms with E-state index in [1.165, 1.54) is 0 Å². The molecule has 0 bridgehead atoms. The molecule has 0 rings (SSSR count). The Morgan fingerprint density at radius 3 is 2.64 bits per heavy atom. The normalized spacial score (nSPS) is 10.9. The summed E-state index contributed by atoms with van der Waals surface area (Å²) in [5.41, 5.74) is 0. The van der Waals surface area contributed by atoms with E-state index in [1.807, 2.05) is 4.58 Å². The molecule has 14 heavy (non-hydrogen) atoms. The van der Waals surface area contributed by atoms with Crippen LogP contribution >= 0.6 is 10.8 Å². The Bertz CT molecular complexity index is 287. The van der Waals surface area contributed by atoms with Crippen LogP contribution in [-0.2, 0) is 18.6 Å². The lowest BCUT2D eigenvalue weighted by Gasteiger charge is -1.99. The number of rotatable bonds is 7. The molecular formula is C6H11NO5S2. The monoisotopic (exact) mass is 241 g/mol. The molecule has 0 aliphatic rings. The second kappa shape index (κ2) is 6.77. The lowest BCUT2D eigenvalue weighted by molar-refractivity contribution is -0.143. The lowest BCUT2D eigenvalue weighted by atomic mass is 10.3. The minimum Gasteiger partial charge on any atom is -0.466 e. The topological polar surface area (TPSA) is 89.9 Å². The Morgan fingerprint density at radius 1 is 1.50 bits per heavy atom. The Kier molecular flexibility index (Phi) is 6.46. The van der Waals surface area contributed by atoms with Crippen molar-refractivity contribution in [3.05, 3.63) is 4.91 Å². The van der Waals surface area contributed by atoms with E-state index >= 15 is 0 Å². The standard InChI is InChI=1S/C6H11NO5S2/c1-2-12-6(8)4-3-5-13-14(10,11)7-9/h2-5H2,1H3. The van der Waals surface area contributed by atoms with Gasteiger partial charge in [-0.3, -0.25) is 4.79 Å². The molecule has 0 heterocycles. The van der Waals surface area contributed by atoms with Gasteiger partial charge in [-0.15, -0.1) is 4.91 Å². The van der Waals surface area contributed by atoms with Crippen molar-refractivity contribution in [3.8, 4) is 0 Å². The molecule has 0 radical (unpaired) electrons. The second-order valence-electron chi connectivity index (χ2n) is 2.23. The van der Waals surface area contributed by atoms with Crippen LogP contribution in [0.3, 0.4) is 0 Å². The van der Waals surface area contributed by atoms with E-state index in [1.54, 1.807) is 6.92 Å². The minimum atomic E-state index is -3.90. The number of carbonyl (C=O) groups excluding carboxylic acids is 1. The molecule has 0 spiro atoms. The molecule has 0 aromatic heterocycles. The summed E-state index contributed by atoms with van der Waals surface area (Å²) in [7, 11) is -3.47. The fourth-order valence-electron chi connectivity index (χ4n) is 0.635. The van der Waals surface area contributed by atoms with E-state index in [2.05, 4.69) is 4.74 Å². The third-order valence-electron chi connectivity index (χ3n) is 1.15. The first-order valence-corrected chi connectivity index (χ1v) is 6.85. The van der Waals surface area contributed by atoms with Crippen LogP contribution in [0.25, 0.3) is 0 Å². The molecule has 0 unspecified atom stereocenters. The molecule has 0 saturated heterocycles. The van der Waals surface area contributed by atoms with Crippen molar-refractivity contribution in [2.45, 2.75) is 19.8 Å². The molecule has 0 aliphatic carbocycles. The molecule has 0 atom stereocenters. The summed E-state index contributed by atoms with van der Waals surface area (Å²) in [6.07, 6.45) is 0.494.